The van der Waals surface area contributed by atoms with Gasteiger partial charge in [-0.15, -0.1) is 0 Å². The number of benzene rings is 1. The molecule has 1 aliphatic heterocycles. The molecule has 0 aliphatic carbocycles. The standard InChI is InChI=1S/C16H22ClNO2/c1-2-13-11-14(7-8-15(13)17)20-12-16(19)18-9-5-3-4-6-10-18/h7-8,11H,2-6,9-10,12H2,1H3. The van der Waals surface area contributed by atoms with Crippen LogP contribution in [0.3, 0.4) is 0 Å². The highest BCUT2D eigenvalue weighted by Gasteiger charge is 2.16. The molecular weight excluding hydrogens is 274 g/mol. The lowest BCUT2D eigenvalue weighted by atomic mass is 10.1. The lowest BCUT2D eigenvalue weighted by molar-refractivity contribution is -0.133. The molecule has 0 bridgehead atoms. The molecule has 20 heavy (non-hydrogen) atoms. The molecular formula is C16H22ClNO2. The van der Waals surface area contributed by atoms with Crippen LogP contribution in [0.5, 0.6) is 5.75 Å². The molecule has 4 heteroatoms. The van der Waals surface area contributed by atoms with Gasteiger partial charge in [0.15, 0.2) is 6.61 Å². The number of amides is 1. The van der Waals surface area contributed by atoms with Crippen LogP contribution in [-0.4, -0.2) is 30.5 Å². The maximum atomic E-state index is 12.1. The van der Waals surface area contributed by atoms with Gasteiger partial charge in [0.25, 0.3) is 5.91 Å². The average Bonchev–Trinajstić information content (AvgIpc) is 2.75. The van der Waals surface area contributed by atoms with Gasteiger partial charge in [0, 0.05) is 18.1 Å². The average molecular weight is 296 g/mol. The Bertz CT molecular complexity index is 454. The first kappa shape index (κ1) is 15.2. The summed E-state index contributed by atoms with van der Waals surface area (Å²) < 4.78 is 5.61. The molecule has 3 nitrogen and oxygen atoms in total. The predicted molar refractivity (Wildman–Crippen MR) is 81.4 cm³/mol. The molecule has 0 radical (unpaired) electrons. The lowest BCUT2D eigenvalue weighted by Crippen LogP contribution is -2.35. The van der Waals surface area contributed by atoms with E-state index in [0.29, 0.717) is 0 Å². The maximum Gasteiger partial charge on any atom is 0.260 e. The van der Waals surface area contributed by atoms with Crippen LogP contribution in [0.4, 0.5) is 0 Å². The molecule has 1 aliphatic rings. The van der Waals surface area contributed by atoms with E-state index in [1.165, 1.54) is 12.8 Å². The Labute approximate surface area is 125 Å². The van der Waals surface area contributed by atoms with E-state index in [4.69, 9.17) is 16.3 Å². The van der Waals surface area contributed by atoms with E-state index in [2.05, 4.69) is 0 Å². The Morgan fingerprint density at radius 2 is 1.95 bits per heavy atom. The summed E-state index contributed by atoms with van der Waals surface area (Å²) in [5, 5.41) is 0.749. The summed E-state index contributed by atoms with van der Waals surface area (Å²) in [6.45, 7) is 3.89. The number of rotatable bonds is 4. The molecule has 2 rings (SSSR count). The minimum absolute atomic E-state index is 0.0832. The first-order chi connectivity index (χ1) is 9.70. The molecule has 1 fully saturated rings. The molecule has 0 aromatic heterocycles. The molecule has 0 unspecified atom stereocenters. The van der Waals surface area contributed by atoms with Crippen molar-refractivity contribution in [1.29, 1.82) is 0 Å². The van der Waals surface area contributed by atoms with Gasteiger partial charge < -0.3 is 9.64 Å². The SMILES string of the molecule is CCc1cc(OCC(=O)N2CCCCCC2)ccc1Cl. The molecule has 0 atom stereocenters. The Morgan fingerprint density at radius 3 is 2.60 bits per heavy atom. The highest BCUT2D eigenvalue weighted by Crippen LogP contribution is 2.22. The van der Waals surface area contributed by atoms with Crippen molar-refractivity contribution in [1.82, 2.24) is 4.90 Å². The van der Waals surface area contributed by atoms with E-state index in [1.807, 2.05) is 30.0 Å². The third-order valence-electron chi connectivity index (χ3n) is 3.72. The smallest absolute Gasteiger partial charge is 0.260 e. The van der Waals surface area contributed by atoms with Crippen molar-refractivity contribution >= 4 is 17.5 Å². The molecule has 1 aromatic carbocycles. The fourth-order valence-electron chi connectivity index (χ4n) is 2.47. The number of ether oxygens (including phenoxy) is 1. The molecule has 1 saturated heterocycles. The number of hydrogen-bond acceptors (Lipinski definition) is 2. The molecule has 110 valence electrons. The van der Waals surface area contributed by atoms with Crippen LogP contribution >= 0.6 is 11.6 Å². The molecule has 1 heterocycles. The minimum atomic E-state index is 0.0832. The van der Waals surface area contributed by atoms with Gasteiger partial charge in [0.1, 0.15) is 5.75 Å². The molecule has 0 N–H and O–H groups in total. The summed E-state index contributed by atoms with van der Waals surface area (Å²) in [4.78, 5) is 14.0. The van der Waals surface area contributed by atoms with Gasteiger partial charge in [0.05, 0.1) is 0 Å². The lowest BCUT2D eigenvalue weighted by Gasteiger charge is -2.20. The highest BCUT2D eigenvalue weighted by atomic mass is 35.5. The molecule has 0 saturated carbocycles. The summed E-state index contributed by atoms with van der Waals surface area (Å²) >= 11 is 6.07. The Kier molecular flexibility index (Phi) is 5.72. The van der Waals surface area contributed by atoms with Crippen molar-refractivity contribution < 1.29 is 9.53 Å². The first-order valence-electron chi connectivity index (χ1n) is 7.39. The van der Waals surface area contributed by atoms with E-state index in [-0.39, 0.29) is 12.5 Å². The van der Waals surface area contributed by atoms with Crippen molar-refractivity contribution in [2.75, 3.05) is 19.7 Å². The molecule has 1 aromatic rings. The van der Waals surface area contributed by atoms with Crippen molar-refractivity contribution in [2.24, 2.45) is 0 Å². The third kappa shape index (κ3) is 4.14. The second-order valence-electron chi connectivity index (χ2n) is 5.19. The van der Waals surface area contributed by atoms with Gasteiger partial charge in [-0.2, -0.15) is 0 Å². The van der Waals surface area contributed by atoms with Crippen LogP contribution < -0.4 is 4.74 Å². The Hall–Kier alpha value is -1.22. The number of carbonyl (C=O) groups excluding carboxylic acids is 1. The predicted octanol–water partition coefficient (Wildman–Crippen LogP) is 3.68. The van der Waals surface area contributed by atoms with Gasteiger partial charge in [-0.25, -0.2) is 0 Å². The van der Waals surface area contributed by atoms with Gasteiger partial charge in [0.2, 0.25) is 0 Å². The van der Waals surface area contributed by atoms with E-state index in [0.717, 1.165) is 48.7 Å². The third-order valence-corrected chi connectivity index (χ3v) is 4.09. The minimum Gasteiger partial charge on any atom is -0.484 e. The van der Waals surface area contributed by atoms with Crippen LogP contribution in [0.25, 0.3) is 0 Å². The fraction of sp³-hybridized carbons (Fsp3) is 0.562. The summed E-state index contributed by atoms with van der Waals surface area (Å²) in [5.41, 5.74) is 1.05. The van der Waals surface area contributed by atoms with Gasteiger partial charge in [-0.1, -0.05) is 31.4 Å². The second-order valence-corrected chi connectivity index (χ2v) is 5.60. The van der Waals surface area contributed by atoms with Crippen LogP contribution in [0, 0.1) is 0 Å². The largest absolute Gasteiger partial charge is 0.484 e. The molecule has 0 spiro atoms. The summed E-state index contributed by atoms with van der Waals surface area (Å²) in [6.07, 6.45) is 5.51. The van der Waals surface area contributed by atoms with E-state index < -0.39 is 0 Å². The van der Waals surface area contributed by atoms with Gasteiger partial charge in [-0.05, 0) is 43.0 Å². The van der Waals surface area contributed by atoms with Crippen molar-refractivity contribution in [3.63, 3.8) is 0 Å². The highest BCUT2D eigenvalue weighted by molar-refractivity contribution is 6.31. The zero-order valence-electron chi connectivity index (χ0n) is 12.0. The zero-order valence-corrected chi connectivity index (χ0v) is 12.8. The quantitative estimate of drug-likeness (QED) is 0.848. The van der Waals surface area contributed by atoms with Crippen molar-refractivity contribution in [2.45, 2.75) is 39.0 Å². The van der Waals surface area contributed by atoms with Crippen LogP contribution in [0.2, 0.25) is 5.02 Å². The summed E-state index contributed by atoms with van der Waals surface area (Å²) in [5.74, 6) is 0.800. The second kappa shape index (κ2) is 7.53. The summed E-state index contributed by atoms with van der Waals surface area (Å²) in [6, 6.07) is 5.56. The van der Waals surface area contributed by atoms with E-state index in [9.17, 15) is 4.79 Å². The van der Waals surface area contributed by atoms with Gasteiger partial charge >= 0.3 is 0 Å². The van der Waals surface area contributed by atoms with E-state index >= 15 is 0 Å². The number of hydrogen-bond donors (Lipinski definition) is 0. The number of likely N-dealkylation sites (tertiary alicyclic amines) is 1. The van der Waals surface area contributed by atoms with Gasteiger partial charge in [-0.3, -0.25) is 4.79 Å². The monoisotopic (exact) mass is 295 g/mol. The maximum absolute atomic E-state index is 12.1. The van der Waals surface area contributed by atoms with Crippen molar-refractivity contribution in [3.05, 3.63) is 28.8 Å². The fourth-order valence-corrected chi connectivity index (χ4v) is 2.72. The van der Waals surface area contributed by atoms with E-state index in [1.54, 1.807) is 0 Å². The van der Waals surface area contributed by atoms with Crippen LogP contribution in [0.1, 0.15) is 38.2 Å². The first-order valence-corrected chi connectivity index (χ1v) is 7.77. The van der Waals surface area contributed by atoms with Crippen LogP contribution in [0.15, 0.2) is 18.2 Å². The number of carbonyl (C=O) groups is 1. The number of aryl methyl sites for hydroxylation is 1. The van der Waals surface area contributed by atoms with Crippen molar-refractivity contribution in [3.8, 4) is 5.75 Å². The Morgan fingerprint density at radius 1 is 1.25 bits per heavy atom. The Balaban J connectivity index is 1.89. The summed E-state index contributed by atoms with van der Waals surface area (Å²) in [7, 11) is 0. The number of nitrogens with zero attached hydrogens (tertiary/aromatic N) is 1. The van der Waals surface area contributed by atoms with Crippen LogP contribution in [-0.2, 0) is 11.2 Å². The zero-order chi connectivity index (χ0) is 14.4. The molecule has 1 amide bonds. The topological polar surface area (TPSA) is 29.5 Å². The normalized spacial score (nSPS) is 15.8. The number of halogens is 1.